The van der Waals surface area contributed by atoms with Crippen molar-refractivity contribution in [2.45, 2.75) is 4.90 Å². The lowest BCUT2D eigenvalue weighted by Crippen LogP contribution is -2.32. The second kappa shape index (κ2) is 4.60. The van der Waals surface area contributed by atoms with Crippen molar-refractivity contribution in [2.75, 3.05) is 26.2 Å². The van der Waals surface area contributed by atoms with Gasteiger partial charge in [-0.15, -0.1) is 0 Å². The molecule has 2 atom stereocenters. The van der Waals surface area contributed by atoms with Crippen molar-refractivity contribution in [1.82, 2.24) is 9.62 Å². The fourth-order valence-electron chi connectivity index (χ4n) is 2.93. The van der Waals surface area contributed by atoms with Gasteiger partial charge < -0.3 is 5.32 Å². The van der Waals surface area contributed by atoms with Crippen LogP contribution in [-0.4, -0.2) is 38.9 Å². The number of benzene rings is 1. The summed E-state index contributed by atoms with van der Waals surface area (Å²) < 4.78 is 26.7. The van der Waals surface area contributed by atoms with Gasteiger partial charge in [0.05, 0.1) is 10.5 Å². The predicted molar refractivity (Wildman–Crippen MR) is 69.8 cm³/mol. The van der Waals surface area contributed by atoms with E-state index in [2.05, 4.69) is 5.32 Å². The molecule has 0 radical (unpaired) electrons. The van der Waals surface area contributed by atoms with E-state index in [0.717, 1.165) is 13.1 Å². The summed E-state index contributed by atoms with van der Waals surface area (Å²) in [5, 5.41) is 12.3. The number of rotatable bonds is 2. The van der Waals surface area contributed by atoms with E-state index < -0.39 is 10.0 Å². The van der Waals surface area contributed by atoms with Gasteiger partial charge in [-0.3, -0.25) is 0 Å². The van der Waals surface area contributed by atoms with Crippen molar-refractivity contribution >= 4 is 10.0 Å². The molecule has 100 valence electrons. The largest absolute Gasteiger partial charge is 0.316 e. The van der Waals surface area contributed by atoms with Gasteiger partial charge in [0.25, 0.3) is 0 Å². The number of hydrogen-bond acceptors (Lipinski definition) is 4. The Hall–Kier alpha value is -1.42. The van der Waals surface area contributed by atoms with Crippen LogP contribution in [0.15, 0.2) is 29.2 Å². The lowest BCUT2D eigenvalue weighted by Gasteiger charge is -2.18. The zero-order chi connectivity index (χ0) is 13.5. The summed E-state index contributed by atoms with van der Waals surface area (Å²) >= 11 is 0. The maximum atomic E-state index is 12.6. The summed E-state index contributed by atoms with van der Waals surface area (Å²) in [4.78, 5) is 0.130. The van der Waals surface area contributed by atoms with Gasteiger partial charge in [-0.25, -0.2) is 8.42 Å². The van der Waals surface area contributed by atoms with Crippen LogP contribution in [-0.2, 0) is 10.0 Å². The number of nitrogens with zero attached hydrogens (tertiary/aromatic N) is 2. The average molecular weight is 277 g/mol. The molecule has 6 heteroatoms. The smallest absolute Gasteiger partial charge is 0.244 e. The minimum atomic E-state index is -3.54. The first-order valence-corrected chi connectivity index (χ1v) is 7.77. The van der Waals surface area contributed by atoms with Crippen molar-refractivity contribution in [2.24, 2.45) is 11.8 Å². The molecule has 0 spiro atoms. The van der Waals surface area contributed by atoms with Gasteiger partial charge in [0.15, 0.2) is 0 Å². The second-order valence-corrected chi connectivity index (χ2v) is 7.01. The molecule has 0 bridgehead atoms. The van der Waals surface area contributed by atoms with Crippen LogP contribution in [0.25, 0.3) is 0 Å². The quantitative estimate of drug-likeness (QED) is 0.849. The summed E-state index contributed by atoms with van der Waals surface area (Å²) in [6.07, 6.45) is 0. The van der Waals surface area contributed by atoms with E-state index in [1.54, 1.807) is 18.2 Å². The average Bonchev–Trinajstić information content (AvgIpc) is 2.99. The molecule has 0 unspecified atom stereocenters. The lowest BCUT2D eigenvalue weighted by atomic mass is 10.0. The lowest BCUT2D eigenvalue weighted by molar-refractivity contribution is 0.448. The van der Waals surface area contributed by atoms with Crippen molar-refractivity contribution < 1.29 is 8.42 Å². The van der Waals surface area contributed by atoms with Crippen LogP contribution in [0.4, 0.5) is 0 Å². The van der Waals surface area contributed by atoms with Crippen LogP contribution in [0.2, 0.25) is 0 Å². The van der Waals surface area contributed by atoms with Crippen LogP contribution in [0.5, 0.6) is 0 Å². The monoisotopic (exact) mass is 277 g/mol. The molecular weight excluding hydrogens is 262 g/mol. The molecule has 0 aliphatic carbocycles. The van der Waals surface area contributed by atoms with E-state index >= 15 is 0 Å². The van der Waals surface area contributed by atoms with E-state index in [9.17, 15) is 8.42 Å². The van der Waals surface area contributed by atoms with E-state index in [-0.39, 0.29) is 10.5 Å². The maximum Gasteiger partial charge on any atom is 0.244 e. The molecule has 2 heterocycles. The van der Waals surface area contributed by atoms with Crippen molar-refractivity contribution in [3.63, 3.8) is 0 Å². The first kappa shape index (κ1) is 12.6. The van der Waals surface area contributed by atoms with Gasteiger partial charge >= 0.3 is 0 Å². The Balaban J connectivity index is 1.94. The Morgan fingerprint density at radius 1 is 1.21 bits per heavy atom. The number of nitrogens with one attached hydrogen (secondary N) is 1. The van der Waals surface area contributed by atoms with Crippen LogP contribution in [0.1, 0.15) is 5.56 Å². The van der Waals surface area contributed by atoms with Crippen LogP contribution in [0, 0.1) is 23.2 Å². The molecule has 2 aliphatic rings. The normalized spacial score (nSPS) is 27.1. The standard InChI is InChI=1S/C13H15N3O2S/c14-5-10-3-1-2-4-13(10)19(17,18)16-8-11-6-15-7-12(11)9-16/h1-4,11-12,15H,6-9H2/t11-,12+. The van der Waals surface area contributed by atoms with Crippen molar-refractivity contribution in [1.29, 1.82) is 5.26 Å². The van der Waals surface area contributed by atoms with Crippen molar-refractivity contribution in [3.05, 3.63) is 29.8 Å². The third kappa shape index (κ3) is 2.04. The van der Waals surface area contributed by atoms with Crippen molar-refractivity contribution in [3.8, 4) is 6.07 Å². The highest BCUT2D eigenvalue weighted by Crippen LogP contribution is 2.31. The van der Waals surface area contributed by atoms with Gasteiger partial charge in [-0.1, -0.05) is 12.1 Å². The molecule has 1 aromatic carbocycles. The number of nitriles is 1. The van der Waals surface area contributed by atoms with Gasteiger partial charge in [0.2, 0.25) is 10.0 Å². The highest BCUT2D eigenvalue weighted by Gasteiger charge is 2.41. The highest BCUT2D eigenvalue weighted by atomic mass is 32.2. The summed E-state index contributed by atoms with van der Waals surface area (Å²) in [7, 11) is -3.54. The first-order chi connectivity index (χ1) is 9.13. The molecule has 2 saturated heterocycles. The van der Waals surface area contributed by atoms with E-state index in [1.165, 1.54) is 10.4 Å². The molecule has 2 aliphatic heterocycles. The summed E-state index contributed by atoms with van der Waals surface area (Å²) in [6, 6.07) is 8.36. The molecule has 5 nitrogen and oxygen atoms in total. The summed E-state index contributed by atoms with van der Waals surface area (Å²) in [6.45, 7) is 2.88. The molecule has 0 amide bonds. The zero-order valence-electron chi connectivity index (χ0n) is 10.4. The third-order valence-electron chi connectivity index (χ3n) is 3.98. The van der Waals surface area contributed by atoms with Crippen LogP contribution in [0.3, 0.4) is 0 Å². The SMILES string of the molecule is N#Cc1ccccc1S(=O)(=O)N1C[C@H]2CNC[C@H]2C1. The fourth-order valence-corrected chi connectivity index (χ4v) is 4.63. The second-order valence-electron chi connectivity index (χ2n) is 5.11. The molecular formula is C13H15N3O2S. The number of hydrogen-bond donors (Lipinski definition) is 1. The number of fused-ring (bicyclic) bond motifs is 1. The Morgan fingerprint density at radius 2 is 1.84 bits per heavy atom. The number of sulfonamides is 1. The summed E-state index contributed by atoms with van der Waals surface area (Å²) in [5.74, 6) is 0.813. The Bertz CT molecular complexity index is 624. The van der Waals surface area contributed by atoms with Crippen LogP contribution < -0.4 is 5.32 Å². The molecule has 3 rings (SSSR count). The minimum absolute atomic E-state index is 0.130. The Labute approximate surface area is 112 Å². The van der Waals surface area contributed by atoms with Gasteiger partial charge in [-0.05, 0) is 37.1 Å². The Morgan fingerprint density at radius 3 is 2.47 bits per heavy atom. The van der Waals surface area contributed by atoms with E-state index in [0.29, 0.717) is 24.9 Å². The molecule has 19 heavy (non-hydrogen) atoms. The Kier molecular flexibility index (Phi) is 3.05. The highest BCUT2D eigenvalue weighted by molar-refractivity contribution is 7.89. The third-order valence-corrected chi connectivity index (χ3v) is 5.87. The minimum Gasteiger partial charge on any atom is -0.316 e. The fraction of sp³-hybridized carbons (Fsp3) is 0.462. The van der Waals surface area contributed by atoms with Gasteiger partial charge in [-0.2, -0.15) is 9.57 Å². The topological polar surface area (TPSA) is 73.2 Å². The molecule has 1 aromatic rings. The summed E-state index contributed by atoms with van der Waals surface area (Å²) in [5.41, 5.74) is 0.220. The van der Waals surface area contributed by atoms with E-state index in [4.69, 9.17) is 5.26 Å². The molecule has 2 fully saturated rings. The predicted octanol–water partition coefficient (Wildman–Crippen LogP) is 0.398. The molecule has 1 N–H and O–H groups in total. The van der Waals surface area contributed by atoms with Gasteiger partial charge in [0.1, 0.15) is 6.07 Å². The van der Waals surface area contributed by atoms with E-state index in [1.807, 2.05) is 6.07 Å². The van der Waals surface area contributed by atoms with Crippen LogP contribution >= 0.6 is 0 Å². The maximum absolute atomic E-state index is 12.6. The van der Waals surface area contributed by atoms with Gasteiger partial charge in [0, 0.05) is 13.1 Å². The zero-order valence-corrected chi connectivity index (χ0v) is 11.2. The molecule has 0 aromatic heterocycles. The first-order valence-electron chi connectivity index (χ1n) is 6.33. The molecule has 0 saturated carbocycles.